The Morgan fingerprint density at radius 1 is 1.36 bits per heavy atom. The molecule has 1 aromatic carbocycles. The van der Waals surface area contributed by atoms with E-state index in [1.165, 1.54) is 37.1 Å². The first kappa shape index (κ1) is 15.5. The van der Waals surface area contributed by atoms with E-state index in [-0.39, 0.29) is 5.91 Å². The Balaban J connectivity index is 1.61. The molecule has 2 aliphatic rings. The summed E-state index contributed by atoms with van der Waals surface area (Å²) in [4.78, 5) is 14.5. The summed E-state index contributed by atoms with van der Waals surface area (Å²) in [6, 6.07) is 8.41. The lowest BCUT2D eigenvalue weighted by molar-refractivity contribution is -0.123. The lowest BCUT2D eigenvalue weighted by Gasteiger charge is -2.31. The molecule has 0 radical (unpaired) electrons. The van der Waals surface area contributed by atoms with Gasteiger partial charge in [-0.2, -0.15) is 0 Å². The Bertz CT molecular complexity index is 539. The second kappa shape index (κ2) is 6.39. The molecule has 2 fully saturated rings. The first-order valence-electron chi connectivity index (χ1n) is 8.43. The molecule has 0 spiro atoms. The van der Waals surface area contributed by atoms with Crippen molar-refractivity contribution in [1.82, 2.24) is 10.2 Å². The predicted molar refractivity (Wildman–Crippen MR) is 88.1 cm³/mol. The fourth-order valence-electron chi connectivity index (χ4n) is 3.27. The number of carbonyl (C=O) groups is 1. The molecular formula is C18H27N3O. The van der Waals surface area contributed by atoms with E-state index in [0.29, 0.717) is 6.54 Å². The molecule has 3 N–H and O–H groups in total. The normalized spacial score (nSPS) is 24.0. The van der Waals surface area contributed by atoms with Crippen LogP contribution in [0.1, 0.15) is 43.7 Å². The number of amides is 1. The number of benzene rings is 1. The van der Waals surface area contributed by atoms with Crippen molar-refractivity contribution < 1.29 is 4.79 Å². The van der Waals surface area contributed by atoms with Gasteiger partial charge in [-0.3, -0.25) is 9.69 Å². The molecule has 0 aromatic heterocycles. The number of hydrogen-bond acceptors (Lipinski definition) is 3. The number of hydrogen-bond donors (Lipinski definition) is 2. The van der Waals surface area contributed by atoms with E-state index in [1.807, 2.05) is 6.07 Å². The Morgan fingerprint density at radius 2 is 2.09 bits per heavy atom. The molecule has 0 unspecified atom stereocenters. The predicted octanol–water partition coefficient (Wildman–Crippen LogP) is 2.03. The highest BCUT2D eigenvalue weighted by Gasteiger charge is 2.45. The number of nitrogens with zero attached hydrogens (tertiary/aromatic N) is 1. The first-order chi connectivity index (χ1) is 10.6. The van der Waals surface area contributed by atoms with Crippen molar-refractivity contribution in [2.75, 3.05) is 13.1 Å². The number of carbonyl (C=O) groups excluding carboxylic acids is 1. The van der Waals surface area contributed by atoms with E-state index in [4.69, 9.17) is 5.73 Å². The third-order valence-corrected chi connectivity index (χ3v) is 4.93. The standard InChI is InChI=1S/C18H27N3O/c1-14-5-4-10-21(12-14)13-16-7-3-2-6-15(16)11-20-17(22)18(19)8-9-18/h2-3,6-7,14H,4-5,8-13,19H2,1H3,(H,20,22)/t14-/m1/s1. The van der Waals surface area contributed by atoms with E-state index in [0.717, 1.165) is 25.3 Å². The molecule has 22 heavy (non-hydrogen) atoms. The van der Waals surface area contributed by atoms with Gasteiger partial charge in [0.05, 0.1) is 5.54 Å². The van der Waals surface area contributed by atoms with Gasteiger partial charge in [0.15, 0.2) is 0 Å². The molecule has 1 saturated heterocycles. The molecule has 1 aromatic rings. The summed E-state index contributed by atoms with van der Waals surface area (Å²) in [7, 11) is 0. The van der Waals surface area contributed by atoms with E-state index in [2.05, 4.69) is 35.3 Å². The minimum atomic E-state index is -0.586. The van der Waals surface area contributed by atoms with Crippen LogP contribution in [0.25, 0.3) is 0 Å². The van der Waals surface area contributed by atoms with Crippen LogP contribution in [0.15, 0.2) is 24.3 Å². The van der Waals surface area contributed by atoms with Crippen LogP contribution in [-0.2, 0) is 17.9 Å². The third-order valence-electron chi connectivity index (χ3n) is 4.93. The number of nitrogens with two attached hydrogens (primary N) is 1. The van der Waals surface area contributed by atoms with Gasteiger partial charge in [0.1, 0.15) is 0 Å². The molecule has 1 saturated carbocycles. The third kappa shape index (κ3) is 3.68. The maximum Gasteiger partial charge on any atom is 0.240 e. The number of likely N-dealkylation sites (tertiary alicyclic amines) is 1. The molecule has 1 aliphatic carbocycles. The largest absolute Gasteiger partial charge is 0.350 e. The van der Waals surface area contributed by atoms with Crippen LogP contribution in [0.3, 0.4) is 0 Å². The monoisotopic (exact) mass is 301 g/mol. The van der Waals surface area contributed by atoms with Crippen molar-refractivity contribution in [1.29, 1.82) is 0 Å². The minimum absolute atomic E-state index is 0.00565. The Kier molecular flexibility index (Phi) is 4.50. The van der Waals surface area contributed by atoms with Crippen LogP contribution < -0.4 is 11.1 Å². The second-order valence-corrected chi connectivity index (χ2v) is 7.09. The van der Waals surface area contributed by atoms with Crippen LogP contribution >= 0.6 is 0 Å². The van der Waals surface area contributed by atoms with Crippen molar-refractivity contribution in [2.45, 2.75) is 51.2 Å². The van der Waals surface area contributed by atoms with Crippen LogP contribution in [0, 0.1) is 5.92 Å². The lowest BCUT2D eigenvalue weighted by atomic mass is 9.99. The summed E-state index contributed by atoms with van der Waals surface area (Å²) >= 11 is 0. The van der Waals surface area contributed by atoms with Crippen LogP contribution in [0.5, 0.6) is 0 Å². The van der Waals surface area contributed by atoms with E-state index < -0.39 is 5.54 Å². The fraction of sp³-hybridized carbons (Fsp3) is 0.611. The van der Waals surface area contributed by atoms with Gasteiger partial charge in [-0.1, -0.05) is 31.2 Å². The average molecular weight is 301 g/mol. The zero-order valence-corrected chi connectivity index (χ0v) is 13.5. The molecule has 1 amide bonds. The van der Waals surface area contributed by atoms with E-state index >= 15 is 0 Å². The van der Waals surface area contributed by atoms with Crippen LogP contribution in [0.4, 0.5) is 0 Å². The topological polar surface area (TPSA) is 58.4 Å². The van der Waals surface area contributed by atoms with Gasteiger partial charge in [-0.15, -0.1) is 0 Å². The molecule has 1 heterocycles. The molecule has 120 valence electrons. The van der Waals surface area contributed by atoms with Gasteiger partial charge in [0.2, 0.25) is 5.91 Å². The number of rotatable bonds is 5. The van der Waals surface area contributed by atoms with Crippen molar-refractivity contribution >= 4 is 5.91 Å². The van der Waals surface area contributed by atoms with Gasteiger partial charge in [0, 0.05) is 19.6 Å². The Labute approximate surface area is 133 Å². The molecule has 1 atom stereocenters. The Morgan fingerprint density at radius 3 is 2.77 bits per heavy atom. The van der Waals surface area contributed by atoms with Gasteiger partial charge in [0.25, 0.3) is 0 Å². The van der Waals surface area contributed by atoms with Crippen molar-refractivity contribution in [3.8, 4) is 0 Å². The van der Waals surface area contributed by atoms with Gasteiger partial charge in [-0.05, 0) is 49.3 Å². The quantitative estimate of drug-likeness (QED) is 0.875. The molecule has 0 bridgehead atoms. The zero-order valence-electron chi connectivity index (χ0n) is 13.5. The molecule has 3 rings (SSSR count). The maximum absolute atomic E-state index is 12.0. The summed E-state index contributed by atoms with van der Waals surface area (Å²) in [5.74, 6) is 0.779. The average Bonchev–Trinajstić information content (AvgIpc) is 3.25. The smallest absolute Gasteiger partial charge is 0.240 e. The summed E-state index contributed by atoms with van der Waals surface area (Å²) in [5, 5.41) is 3.01. The highest BCUT2D eigenvalue weighted by molar-refractivity contribution is 5.88. The first-order valence-corrected chi connectivity index (χ1v) is 8.43. The summed E-state index contributed by atoms with van der Waals surface area (Å²) < 4.78 is 0. The SMILES string of the molecule is C[C@@H]1CCCN(Cc2ccccc2CNC(=O)C2(N)CC2)C1. The van der Waals surface area contributed by atoms with Gasteiger partial charge < -0.3 is 11.1 Å². The van der Waals surface area contributed by atoms with E-state index in [1.54, 1.807) is 0 Å². The number of nitrogens with one attached hydrogen (secondary N) is 1. The Hall–Kier alpha value is -1.39. The van der Waals surface area contributed by atoms with E-state index in [9.17, 15) is 4.79 Å². The van der Waals surface area contributed by atoms with Gasteiger partial charge in [-0.25, -0.2) is 0 Å². The van der Waals surface area contributed by atoms with Crippen molar-refractivity contribution in [3.05, 3.63) is 35.4 Å². The molecule has 4 heteroatoms. The highest BCUT2D eigenvalue weighted by Crippen LogP contribution is 2.32. The second-order valence-electron chi connectivity index (χ2n) is 7.09. The van der Waals surface area contributed by atoms with Crippen LogP contribution in [0.2, 0.25) is 0 Å². The maximum atomic E-state index is 12.0. The zero-order chi connectivity index (χ0) is 15.6. The fourth-order valence-corrected chi connectivity index (χ4v) is 3.27. The lowest BCUT2D eigenvalue weighted by Crippen LogP contribution is -2.42. The summed E-state index contributed by atoms with van der Waals surface area (Å²) in [6.45, 7) is 6.24. The van der Waals surface area contributed by atoms with Crippen LogP contribution in [-0.4, -0.2) is 29.4 Å². The molecule has 1 aliphatic heterocycles. The summed E-state index contributed by atoms with van der Waals surface area (Å²) in [5.41, 5.74) is 7.88. The summed E-state index contributed by atoms with van der Waals surface area (Å²) in [6.07, 6.45) is 4.25. The highest BCUT2D eigenvalue weighted by atomic mass is 16.2. The minimum Gasteiger partial charge on any atom is -0.350 e. The molecular weight excluding hydrogens is 274 g/mol. The number of piperidine rings is 1. The van der Waals surface area contributed by atoms with Crippen molar-refractivity contribution in [2.24, 2.45) is 11.7 Å². The molecule has 4 nitrogen and oxygen atoms in total. The van der Waals surface area contributed by atoms with Crippen molar-refractivity contribution in [3.63, 3.8) is 0 Å². The van der Waals surface area contributed by atoms with Gasteiger partial charge >= 0.3 is 0 Å².